The standard InChI is InChI=1S/C62H82N10O22S2/c1-5-23-91-62(87)63-22-21-45(77)50-61(86)72-31-33(2)52(79)51(72)57(84)64-30-39(74)28-42(65-53(80)36-12-14-37(15-13-36)58-69-70-59(95-58)38-16-18-41(19-17-38)90-25-10-8-6-7-9-24-89-4)54(81)66-48(34(3)73)60(85)71-32-40(75)29-43(71)55(82)67-49(56(83)68-50)46(78)26-35-11-20-44(76)47(27-35)92-96-94-93-88/h5,11-20,27,33-34,39-40,42-43,45-46,48-52,73-79,88H,1,6-10,21-26,28-32H2,2-4H3,(H,63,87)(H,64,84)(H,65,80)(H,66,81)(H,67,82)(H,68,83)/t33-,34+,39+,40+,42+,43+,45-,46-,48+,49+,50+,51+,52+/m1/s1. The van der Waals surface area contributed by atoms with Gasteiger partial charge in [-0.2, -0.15) is 0 Å². The first-order valence-corrected chi connectivity index (χ1v) is 32.5. The number of rotatable bonds is 27. The van der Waals surface area contributed by atoms with Gasteiger partial charge in [0.2, 0.25) is 35.4 Å². The summed E-state index contributed by atoms with van der Waals surface area (Å²) in [4.78, 5) is 116. The summed E-state index contributed by atoms with van der Waals surface area (Å²) in [5.74, 6) is -9.04. The Balaban J connectivity index is 1.16. The summed E-state index contributed by atoms with van der Waals surface area (Å²) in [7, 11) is 1.69. The summed E-state index contributed by atoms with van der Waals surface area (Å²) in [6.45, 7) is 5.12. The van der Waals surface area contributed by atoms with Crippen LogP contribution in [0.2, 0.25) is 0 Å². The number of benzene rings is 3. The van der Waals surface area contributed by atoms with Crippen molar-refractivity contribution in [2.75, 3.05) is 53.1 Å². The number of alkyl carbamates (subject to hydrolysis) is 1. The molecule has 96 heavy (non-hydrogen) atoms. The van der Waals surface area contributed by atoms with Gasteiger partial charge in [-0.05, 0) is 80.3 Å². The summed E-state index contributed by atoms with van der Waals surface area (Å²) < 4.78 is 25.3. The molecule has 34 heteroatoms. The molecule has 524 valence electrons. The highest BCUT2D eigenvalue weighted by Crippen LogP contribution is 2.33. The van der Waals surface area contributed by atoms with Crippen molar-refractivity contribution in [2.24, 2.45) is 5.92 Å². The molecule has 13 atom stereocenters. The van der Waals surface area contributed by atoms with Gasteiger partial charge in [0, 0.05) is 81.8 Å². The number of phenols is 1. The van der Waals surface area contributed by atoms with Gasteiger partial charge in [0.05, 0.1) is 43.2 Å². The number of aliphatic hydroxyl groups is 6. The smallest absolute Gasteiger partial charge is 0.407 e. The Labute approximate surface area is 560 Å². The van der Waals surface area contributed by atoms with Gasteiger partial charge in [0.1, 0.15) is 58.6 Å². The lowest BCUT2D eigenvalue weighted by Gasteiger charge is -2.34. The zero-order valence-corrected chi connectivity index (χ0v) is 54.5. The van der Waals surface area contributed by atoms with E-state index < -0.39 is 177 Å². The number of unbranched alkanes of at least 4 members (excludes halogenated alkanes) is 4. The van der Waals surface area contributed by atoms with Crippen molar-refractivity contribution in [3.8, 4) is 38.4 Å². The number of hydrogen-bond donors (Lipinski definition) is 14. The Morgan fingerprint density at radius 1 is 0.781 bits per heavy atom. The van der Waals surface area contributed by atoms with Gasteiger partial charge in [-0.3, -0.25) is 33.6 Å². The van der Waals surface area contributed by atoms with E-state index in [-0.39, 0.29) is 42.4 Å². The number of aliphatic hydroxyl groups excluding tert-OH is 6. The average molecular weight is 1380 g/mol. The predicted molar refractivity (Wildman–Crippen MR) is 341 cm³/mol. The molecule has 0 bridgehead atoms. The first-order valence-electron chi connectivity index (χ1n) is 31.0. The van der Waals surface area contributed by atoms with Crippen molar-refractivity contribution in [3.05, 3.63) is 90.5 Å². The summed E-state index contributed by atoms with van der Waals surface area (Å²) in [6.07, 6.45) is -7.40. The molecular formula is C62H82N10O22S2. The fourth-order valence-electron chi connectivity index (χ4n) is 11.0. The summed E-state index contributed by atoms with van der Waals surface area (Å²) in [6, 6.07) is 5.49. The topological polar surface area (TPSA) is 458 Å². The molecule has 0 unspecified atom stereocenters. The number of hydrogen-bond acceptors (Lipinski definition) is 26. The third-order valence-corrected chi connectivity index (χ3v) is 17.5. The number of nitrogens with zero attached hydrogens (tertiary/aromatic N) is 4. The minimum Gasteiger partial charge on any atom is -0.504 e. The third-order valence-electron chi connectivity index (χ3n) is 16.1. The molecule has 3 aromatic carbocycles. The number of methoxy groups -OCH3 is 1. The van der Waals surface area contributed by atoms with Crippen LogP contribution >= 0.6 is 23.7 Å². The number of nitrogens with one attached hydrogen (secondary N) is 6. The van der Waals surface area contributed by atoms with Crippen LogP contribution in [0.4, 0.5) is 4.79 Å². The average Bonchev–Trinajstić information content (AvgIpc) is 1.61. The van der Waals surface area contributed by atoms with Crippen LogP contribution in [-0.2, 0) is 54.0 Å². The van der Waals surface area contributed by atoms with Crippen LogP contribution in [0.5, 0.6) is 17.2 Å². The molecule has 0 spiro atoms. The van der Waals surface area contributed by atoms with Crippen molar-refractivity contribution in [3.63, 3.8) is 0 Å². The molecule has 3 fully saturated rings. The van der Waals surface area contributed by atoms with Crippen LogP contribution in [-0.4, -0.2) is 234 Å². The maximum absolute atomic E-state index is 15.0. The molecule has 3 aliphatic heterocycles. The van der Waals surface area contributed by atoms with Crippen LogP contribution < -0.4 is 40.8 Å². The summed E-state index contributed by atoms with van der Waals surface area (Å²) in [5, 5.41) is 116. The second-order valence-electron chi connectivity index (χ2n) is 23.3. The summed E-state index contributed by atoms with van der Waals surface area (Å²) in [5.41, 5.74) is 1.47. The first-order chi connectivity index (χ1) is 46.0. The molecule has 1 aromatic heterocycles. The molecule has 0 saturated carbocycles. The van der Waals surface area contributed by atoms with Gasteiger partial charge < -0.3 is 95.8 Å². The Morgan fingerprint density at radius 2 is 1.43 bits per heavy atom. The lowest BCUT2D eigenvalue weighted by molar-refractivity contribution is -0.433. The van der Waals surface area contributed by atoms with Gasteiger partial charge in [-0.15, -0.1) is 10.2 Å². The molecule has 7 rings (SSSR count). The van der Waals surface area contributed by atoms with E-state index in [0.717, 1.165) is 73.1 Å². The van der Waals surface area contributed by atoms with Crippen molar-refractivity contribution in [1.82, 2.24) is 51.9 Å². The van der Waals surface area contributed by atoms with Crippen LogP contribution in [0.15, 0.2) is 79.4 Å². The van der Waals surface area contributed by atoms with E-state index in [1.165, 1.54) is 42.5 Å². The zero-order chi connectivity index (χ0) is 69.6. The monoisotopic (exact) mass is 1380 g/mol. The number of carbonyl (C=O) groups is 8. The second kappa shape index (κ2) is 36.8. The molecule has 0 aliphatic carbocycles. The van der Waals surface area contributed by atoms with Gasteiger partial charge in [0.25, 0.3) is 18.2 Å². The molecule has 14 N–H and O–H groups in total. The minimum absolute atomic E-state index is 0.00296. The van der Waals surface area contributed by atoms with Crippen LogP contribution in [0.1, 0.15) is 81.1 Å². The molecule has 32 nitrogen and oxygen atoms in total. The molecule has 4 heterocycles. The van der Waals surface area contributed by atoms with Gasteiger partial charge in [-0.25, -0.2) is 10.1 Å². The molecule has 3 aliphatic rings. The van der Waals surface area contributed by atoms with E-state index in [2.05, 4.69) is 58.0 Å². The van der Waals surface area contributed by atoms with Crippen molar-refractivity contribution in [2.45, 2.75) is 145 Å². The van der Waals surface area contributed by atoms with E-state index in [1.807, 2.05) is 24.3 Å². The maximum Gasteiger partial charge on any atom is 0.407 e. The van der Waals surface area contributed by atoms with Gasteiger partial charge in [-0.1, -0.05) is 77.7 Å². The van der Waals surface area contributed by atoms with Crippen molar-refractivity contribution >= 4 is 71.1 Å². The summed E-state index contributed by atoms with van der Waals surface area (Å²) >= 11 is 1.35. The van der Waals surface area contributed by atoms with E-state index in [9.17, 15) is 74.1 Å². The van der Waals surface area contributed by atoms with E-state index in [1.54, 1.807) is 19.2 Å². The number of carbonyl (C=O) groups excluding carboxylic acids is 8. The fourth-order valence-corrected chi connectivity index (χ4v) is 12.1. The van der Waals surface area contributed by atoms with Gasteiger partial charge in [0.15, 0.2) is 11.5 Å². The minimum atomic E-state index is -2.18. The number of amides is 8. The van der Waals surface area contributed by atoms with Crippen LogP contribution in [0.25, 0.3) is 21.1 Å². The number of phenolic OH excluding ortho intramolecular Hbond substituents is 1. The molecule has 3 saturated heterocycles. The molecular weight excluding hydrogens is 1300 g/mol. The Hall–Kier alpha value is -8.13. The highest BCUT2D eigenvalue weighted by molar-refractivity contribution is 7.90. The normalized spacial score (nSPS) is 24.0. The lowest BCUT2D eigenvalue weighted by Crippen LogP contribution is -2.64. The van der Waals surface area contributed by atoms with Crippen LogP contribution in [0.3, 0.4) is 0 Å². The molecule has 0 radical (unpaired) electrons. The molecule has 4 aromatic rings. The fraction of sp³-hybridized carbons (Fsp3) is 0.516. The predicted octanol–water partition coefficient (Wildman–Crippen LogP) is 0.167. The Morgan fingerprint density at radius 3 is 2.09 bits per heavy atom. The zero-order valence-electron chi connectivity index (χ0n) is 52.9. The number of fused-ring (bicyclic) bond motifs is 2. The van der Waals surface area contributed by atoms with Gasteiger partial charge >= 0.3 is 6.09 Å². The SMILES string of the molecule is C=CCOC(=O)NCC[C@@H](O)[C@@H]1NC(=O)[C@H]([C@H](O)Cc2ccc(O)c(OSOOO)c2)NC(=O)[C@@H]2C[C@H](O)CN2C(=O)[C@H]([C@H](C)O)NC(=O)[C@@H](NC(=O)c2ccc(-c3nnc(-c4ccc(OCCCCCCCOC)cc4)s3)cc2)C[C@H](O)CNC(=O)[C@@H]2[C@@H](O)[C@H](C)CN2C1=O. The highest BCUT2D eigenvalue weighted by Gasteiger charge is 2.50. The van der Waals surface area contributed by atoms with E-state index >= 15 is 0 Å². The number of β-amino-alcohol motifs (C(OH)–C–C–N with tert-alkyl or cyclic N) is 1. The Kier molecular flexibility index (Phi) is 28.9. The number of aromatic nitrogens is 2. The lowest BCUT2D eigenvalue weighted by atomic mass is 9.98. The quantitative estimate of drug-likeness (QED) is 0.0124. The first kappa shape index (κ1) is 75.3. The number of aromatic hydroxyl groups is 1. The molecule has 8 amide bonds. The highest BCUT2D eigenvalue weighted by atomic mass is 32.2. The second-order valence-corrected chi connectivity index (χ2v) is 24.7. The van der Waals surface area contributed by atoms with Crippen molar-refractivity contribution in [1.29, 1.82) is 0 Å². The van der Waals surface area contributed by atoms with Crippen LogP contribution in [0, 0.1) is 5.92 Å². The Bertz CT molecular complexity index is 3280. The van der Waals surface area contributed by atoms with E-state index in [4.69, 9.17) is 23.7 Å². The largest absolute Gasteiger partial charge is 0.504 e. The van der Waals surface area contributed by atoms with Crippen molar-refractivity contribution < 1.29 is 107 Å². The third kappa shape index (κ3) is 20.9. The van der Waals surface area contributed by atoms with E-state index in [0.29, 0.717) is 27.9 Å². The maximum atomic E-state index is 15.0. The number of ether oxygens (including phenoxy) is 3.